The fourth-order valence-electron chi connectivity index (χ4n) is 0.295. The van der Waals surface area contributed by atoms with Crippen LogP contribution in [0.25, 0.3) is 0 Å². The monoisotopic (exact) mass is 150 g/mol. The predicted molar refractivity (Wildman–Crippen MR) is 33.7 cm³/mol. The van der Waals surface area contributed by atoms with E-state index in [-0.39, 0.29) is 0 Å². The lowest BCUT2D eigenvalue weighted by molar-refractivity contribution is 0.680. The van der Waals surface area contributed by atoms with E-state index in [0.717, 1.165) is 0 Å². The maximum Gasteiger partial charge on any atom is 0.243 e. The van der Waals surface area contributed by atoms with Crippen molar-refractivity contribution in [3.05, 3.63) is 11.2 Å². The largest absolute Gasteiger partial charge is 0.276 e. The Kier molecular flexibility index (Phi) is 1.65. The van der Waals surface area contributed by atoms with Gasteiger partial charge in [-0.15, -0.1) is 0 Å². The van der Waals surface area contributed by atoms with Gasteiger partial charge in [-0.25, -0.2) is 4.21 Å². The maximum absolute atomic E-state index is 10.4. The molecule has 1 aliphatic heterocycles. The Morgan fingerprint density at radius 2 is 2.62 bits per heavy atom. The Bertz CT molecular complexity index is 176. The van der Waals surface area contributed by atoms with Crippen molar-refractivity contribution < 1.29 is 4.21 Å². The first-order valence-electron chi connectivity index (χ1n) is 1.87. The molecular weight excluding hydrogens is 148 g/mol. The molecule has 1 atom stereocenters. The molecule has 0 spiro atoms. The average molecular weight is 151 g/mol. The van der Waals surface area contributed by atoms with Crippen molar-refractivity contribution in [2.45, 2.75) is 0 Å². The predicted octanol–water partition coefficient (Wildman–Crippen LogP) is 0.319. The summed E-state index contributed by atoms with van der Waals surface area (Å²) in [6.07, 6.45) is 2.93. The molecule has 5 heteroatoms. The zero-order chi connectivity index (χ0) is 5.98. The van der Waals surface area contributed by atoms with E-state index < -0.39 is 11.2 Å². The van der Waals surface area contributed by atoms with Gasteiger partial charge in [-0.2, -0.15) is 4.40 Å². The molecule has 1 aliphatic rings. The number of nitrogens with zero attached hydrogens (tertiary/aromatic N) is 1. The van der Waals surface area contributed by atoms with Crippen LogP contribution >= 0.6 is 11.6 Å². The molecule has 1 heterocycles. The van der Waals surface area contributed by atoms with Crippen LogP contribution in [0.15, 0.2) is 15.6 Å². The van der Waals surface area contributed by atoms with E-state index in [9.17, 15) is 4.21 Å². The fourth-order valence-corrected chi connectivity index (χ4v) is 1.01. The van der Waals surface area contributed by atoms with Crippen LogP contribution in [0.4, 0.5) is 0 Å². The Hall–Kier alpha value is -0.350. The Morgan fingerprint density at radius 3 is 3.00 bits per heavy atom. The maximum atomic E-state index is 10.4. The number of hydrogen-bond acceptors (Lipinski definition) is 1. The van der Waals surface area contributed by atoms with Gasteiger partial charge in [0.1, 0.15) is 5.16 Å². The minimum atomic E-state index is -1.35. The van der Waals surface area contributed by atoms with Gasteiger partial charge in [0.15, 0.2) is 0 Å². The van der Waals surface area contributed by atoms with Gasteiger partial charge in [-0.1, -0.05) is 11.6 Å². The molecule has 0 saturated carbocycles. The zero-order valence-corrected chi connectivity index (χ0v) is 5.37. The van der Waals surface area contributed by atoms with E-state index in [1.165, 1.54) is 12.3 Å². The first-order chi connectivity index (χ1) is 3.79. The number of rotatable bonds is 0. The van der Waals surface area contributed by atoms with Crippen LogP contribution in [0.1, 0.15) is 0 Å². The third kappa shape index (κ3) is 1.31. The highest BCUT2D eigenvalue weighted by Crippen LogP contribution is 1.99. The van der Waals surface area contributed by atoms with Gasteiger partial charge in [-0.05, 0) is 6.08 Å². The van der Waals surface area contributed by atoms with Crippen LogP contribution in [0.5, 0.6) is 0 Å². The first kappa shape index (κ1) is 5.78. The molecule has 0 amide bonds. The second-order valence-corrected chi connectivity index (χ2v) is 2.44. The molecule has 0 radical (unpaired) electrons. The molecule has 0 aromatic rings. The van der Waals surface area contributed by atoms with Gasteiger partial charge in [-0.3, -0.25) is 4.72 Å². The number of halogens is 1. The van der Waals surface area contributed by atoms with Gasteiger partial charge in [0.25, 0.3) is 0 Å². The molecule has 1 unspecified atom stereocenters. The van der Waals surface area contributed by atoms with E-state index >= 15 is 0 Å². The molecule has 0 saturated heterocycles. The third-order valence-electron chi connectivity index (χ3n) is 0.562. The fraction of sp³-hybridized carbons (Fsp3) is 0. The van der Waals surface area contributed by atoms with Crippen LogP contribution in [0.3, 0.4) is 0 Å². The number of hydrogen-bond donors (Lipinski definition) is 1. The van der Waals surface area contributed by atoms with Crippen molar-refractivity contribution in [3.63, 3.8) is 0 Å². The average Bonchev–Trinajstić information content (AvgIpc) is 1.64. The van der Waals surface area contributed by atoms with E-state index in [4.69, 9.17) is 11.6 Å². The lowest BCUT2D eigenvalue weighted by atomic mass is 10.7. The zero-order valence-electron chi connectivity index (χ0n) is 3.80. The Labute approximate surface area is 54.2 Å². The summed E-state index contributed by atoms with van der Waals surface area (Å²) < 4.78 is 16.2. The van der Waals surface area contributed by atoms with Gasteiger partial charge in [0.05, 0.1) is 0 Å². The quantitative estimate of drug-likeness (QED) is 0.497. The summed E-state index contributed by atoms with van der Waals surface area (Å²) in [5.41, 5.74) is 0. The number of allylic oxidation sites excluding steroid dienone is 1. The van der Waals surface area contributed by atoms with Crippen LogP contribution in [0, 0.1) is 0 Å². The van der Waals surface area contributed by atoms with Gasteiger partial charge in [0, 0.05) is 6.21 Å². The highest BCUT2D eigenvalue weighted by Gasteiger charge is 1.98. The number of nitrogens with one attached hydrogen (secondary N) is 1. The minimum absolute atomic E-state index is 0.360. The molecule has 8 heavy (non-hydrogen) atoms. The molecule has 1 N–H and O–H groups in total. The molecular formula is C3H3ClN2OS. The topological polar surface area (TPSA) is 41.5 Å². The van der Waals surface area contributed by atoms with E-state index in [2.05, 4.69) is 9.12 Å². The molecule has 0 bridgehead atoms. The van der Waals surface area contributed by atoms with Crippen molar-refractivity contribution >= 4 is 29.0 Å². The summed E-state index contributed by atoms with van der Waals surface area (Å²) in [5.74, 6) is 0. The summed E-state index contributed by atoms with van der Waals surface area (Å²) in [6.45, 7) is 0. The van der Waals surface area contributed by atoms with Crippen molar-refractivity contribution in [1.29, 1.82) is 0 Å². The second kappa shape index (κ2) is 2.28. The highest BCUT2D eigenvalue weighted by molar-refractivity contribution is 7.82. The Balaban J connectivity index is 2.73. The van der Waals surface area contributed by atoms with E-state index in [1.807, 2.05) is 0 Å². The summed E-state index contributed by atoms with van der Waals surface area (Å²) >= 11 is 4.03. The minimum Gasteiger partial charge on any atom is -0.276 e. The molecule has 44 valence electrons. The highest BCUT2D eigenvalue weighted by atomic mass is 35.5. The summed E-state index contributed by atoms with van der Waals surface area (Å²) in [5, 5.41) is 0.360. The van der Waals surface area contributed by atoms with Gasteiger partial charge in [0.2, 0.25) is 11.2 Å². The van der Waals surface area contributed by atoms with Crippen molar-refractivity contribution in [2.24, 2.45) is 4.40 Å². The van der Waals surface area contributed by atoms with Crippen molar-refractivity contribution in [2.75, 3.05) is 0 Å². The summed E-state index contributed by atoms with van der Waals surface area (Å²) in [4.78, 5) is 0. The van der Waals surface area contributed by atoms with Crippen LogP contribution in [-0.4, -0.2) is 10.4 Å². The van der Waals surface area contributed by atoms with Crippen LogP contribution < -0.4 is 4.72 Å². The lowest BCUT2D eigenvalue weighted by Crippen LogP contribution is -2.13. The summed E-state index contributed by atoms with van der Waals surface area (Å²) in [7, 11) is 0. The van der Waals surface area contributed by atoms with Crippen molar-refractivity contribution in [3.8, 4) is 0 Å². The van der Waals surface area contributed by atoms with Gasteiger partial charge >= 0.3 is 0 Å². The van der Waals surface area contributed by atoms with E-state index in [0.29, 0.717) is 5.16 Å². The smallest absolute Gasteiger partial charge is 0.243 e. The molecule has 1 rings (SSSR count). The molecule has 0 aromatic carbocycles. The van der Waals surface area contributed by atoms with Crippen LogP contribution in [-0.2, 0) is 11.2 Å². The Morgan fingerprint density at radius 1 is 1.88 bits per heavy atom. The molecule has 0 fully saturated rings. The van der Waals surface area contributed by atoms with Gasteiger partial charge < -0.3 is 0 Å². The standard InChI is InChI=1S/C3H3ClN2OS/c4-3-1-2-5-8(7)6-3/h1-2,6H. The molecule has 3 nitrogen and oxygen atoms in total. The first-order valence-corrected chi connectivity index (χ1v) is 3.36. The third-order valence-corrected chi connectivity index (χ3v) is 1.60. The lowest BCUT2D eigenvalue weighted by Gasteiger charge is -2.00. The second-order valence-electron chi connectivity index (χ2n) is 1.12. The summed E-state index contributed by atoms with van der Waals surface area (Å²) in [6, 6.07) is 0. The van der Waals surface area contributed by atoms with Crippen LogP contribution in [0.2, 0.25) is 0 Å². The SMILES string of the molecule is O=S1N=CC=C(Cl)N1. The normalized spacial score (nSPS) is 26.6. The molecule has 0 aliphatic carbocycles. The van der Waals surface area contributed by atoms with Crippen molar-refractivity contribution in [1.82, 2.24) is 4.72 Å². The van der Waals surface area contributed by atoms with E-state index in [1.54, 1.807) is 0 Å². The molecule has 0 aromatic heterocycles.